The molecule has 0 saturated carbocycles. The summed E-state index contributed by atoms with van der Waals surface area (Å²) in [6, 6.07) is 36.6. The lowest BCUT2D eigenvalue weighted by Gasteiger charge is -2.20. The Morgan fingerprint density at radius 3 is 1.67 bits per heavy atom. The standard InChI is InChI=1S/C44H43N3O4/c1-30(2)13-7-6-12-28-50-44(49)31(3)51-38-26-27-39(40(48)29-38)43-46-41(36-22-18-34(19-23-36)32-14-8-4-9-15-32)45-42(47-43)37-24-20-35(21-25-37)33-16-10-5-11-17-33/h4-5,8-11,14-27,29-31H,6-7,12-13,28H2,1-3H3,(H,45,46,47). The second kappa shape index (κ2) is 16.7. The SMILES string of the molecule is CC(C)CCCCCOC(=O)C(C)OC1=CC(=O)C(=C2N=C(c3ccc(-c4ccccc4)cc3)NC(c3ccc(-c4ccccc4)cc3)=N2)C=C1. The molecular formula is C44H43N3O4. The number of carbonyl (C=O) groups is 2. The van der Waals surface area contributed by atoms with E-state index in [1.165, 1.54) is 12.5 Å². The van der Waals surface area contributed by atoms with Gasteiger partial charge in [-0.3, -0.25) is 4.79 Å². The first-order valence-electron chi connectivity index (χ1n) is 17.6. The molecule has 0 amide bonds. The van der Waals surface area contributed by atoms with Crippen LogP contribution >= 0.6 is 0 Å². The molecule has 258 valence electrons. The van der Waals surface area contributed by atoms with Crippen molar-refractivity contribution in [3.05, 3.63) is 156 Å². The second-order valence-electron chi connectivity index (χ2n) is 13.1. The van der Waals surface area contributed by atoms with Gasteiger partial charge in [0.1, 0.15) is 17.4 Å². The second-order valence-corrected chi connectivity index (χ2v) is 13.1. The number of carbonyl (C=O) groups excluding carboxylic acids is 2. The molecule has 1 atom stereocenters. The van der Waals surface area contributed by atoms with Crippen LogP contribution in [0.5, 0.6) is 0 Å². The first-order valence-corrected chi connectivity index (χ1v) is 17.6. The molecule has 1 aliphatic heterocycles. The zero-order valence-corrected chi connectivity index (χ0v) is 29.3. The minimum absolute atomic E-state index is 0.277. The maximum atomic E-state index is 13.5. The van der Waals surface area contributed by atoms with Gasteiger partial charge in [0.2, 0.25) is 0 Å². The number of allylic oxidation sites excluding steroid dienone is 4. The summed E-state index contributed by atoms with van der Waals surface area (Å²) in [4.78, 5) is 35.7. The van der Waals surface area contributed by atoms with E-state index in [0.29, 0.717) is 29.8 Å². The topological polar surface area (TPSA) is 89.4 Å². The Bertz CT molecular complexity index is 1890. The number of hydrogen-bond acceptors (Lipinski definition) is 7. The van der Waals surface area contributed by atoms with Crippen LogP contribution in [0, 0.1) is 5.92 Å². The number of aliphatic imine (C=N–C) groups is 2. The van der Waals surface area contributed by atoms with Crippen LogP contribution in [0.15, 0.2) is 155 Å². The number of ether oxygens (including phenoxy) is 2. The molecule has 1 heterocycles. The number of nitrogens with zero attached hydrogens (tertiary/aromatic N) is 2. The van der Waals surface area contributed by atoms with Gasteiger partial charge in [-0.2, -0.15) is 0 Å². The van der Waals surface area contributed by atoms with Crippen LogP contribution in [0.2, 0.25) is 0 Å². The minimum atomic E-state index is -0.857. The van der Waals surface area contributed by atoms with E-state index in [1.807, 2.05) is 60.7 Å². The number of unbranched alkanes of at least 4 members (excludes halogenated alkanes) is 2. The van der Waals surface area contributed by atoms with E-state index < -0.39 is 12.1 Å². The maximum absolute atomic E-state index is 13.5. The largest absolute Gasteiger partial charge is 0.479 e. The summed E-state index contributed by atoms with van der Waals surface area (Å²) in [5, 5.41) is 3.41. The van der Waals surface area contributed by atoms with E-state index in [0.717, 1.165) is 52.6 Å². The van der Waals surface area contributed by atoms with Crippen molar-refractivity contribution in [1.29, 1.82) is 0 Å². The summed E-state index contributed by atoms with van der Waals surface area (Å²) in [6.07, 6.45) is 7.93. The number of esters is 1. The molecule has 1 N–H and O–H groups in total. The van der Waals surface area contributed by atoms with E-state index in [9.17, 15) is 9.59 Å². The third-order valence-corrected chi connectivity index (χ3v) is 8.71. The highest BCUT2D eigenvalue weighted by Gasteiger charge is 2.24. The van der Waals surface area contributed by atoms with Crippen LogP contribution in [0.1, 0.15) is 57.6 Å². The van der Waals surface area contributed by atoms with Gasteiger partial charge in [0.25, 0.3) is 0 Å². The van der Waals surface area contributed by atoms with Crippen LogP contribution in [-0.2, 0) is 19.1 Å². The monoisotopic (exact) mass is 677 g/mol. The summed E-state index contributed by atoms with van der Waals surface area (Å²) in [6.45, 7) is 6.39. The normalized spacial score (nSPS) is 14.7. The number of nitrogens with one attached hydrogen (secondary N) is 1. The quantitative estimate of drug-likeness (QED) is 0.0866. The summed E-state index contributed by atoms with van der Waals surface area (Å²) < 4.78 is 11.2. The molecule has 0 spiro atoms. The van der Waals surface area contributed by atoms with Gasteiger partial charge in [-0.15, -0.1) is 0 Å². The number of amidine groups is 2. The van der Waals surface area contributed by atoms with Crippen molar-refractivity contribution >= 4 is 23.4 Å². The Balaban J connectivity index is 1.22. The molecule has 0 fully saturated rings. The number of rotatable bonds is 13. The molecule has 0 radical (unpaired) electrons. The third kappa shape index (κ3) is 9.25. The van der Waals surface area contributed by atoms with Crippen molar-refractivity contribution in [3.8, 4) is 22.3 Å². The molecule has 4 aromatic carbocycles. The zero-order chi connectivity index (χ0) is 35.6. The fourth-order valence-electron chi connectivity index (χ4n) is 5.84. The lowest BCUT2D eigenvalue weighted by atomic mass is 10.0. The first-order chi connectivity index (χ1) is 24.8. The van der Waals surface area contributed by atoms with Gasteiger partial charge in [-0.25, -0.2) is 14.8 Å². The minimum Gasteiger partial charge on any atom is -0.479 e. The van der Waals surface area contributed by atoms with Crippen molar-refractivity contribution in [2.45, 2.75) is 52.6 Å². The van der Waals surface area contributed by atoms with Crippen molar-refractivity contribution in [2.24, 2.45) is 15.9 Å². The Morgan fingerprint density at radius 1 is 0.647 bits per heavy atom. The van der Waals surface area contributed by atoms with E-state index in [1.54, 1.807) is 19.1 Å². The smallest absolute Gasteiger partial charge is 0.347 e. The summed E-state index contributed by atoms with van der Waals surface area (Å²) in [5.74, 6) is 1.59. The molecule has 6 rings (SSSR count). The Labute approximate surface area is 300 Å². The number of ketones is 1. The molecule has 7 heteroatoms. The first kappa shape index (κ1) is 35.0. The molecule has 1 unspecified atom stereocenters. The molecule has 0 aromatic heterocycles. The molecular weight excluding hydrogens is 635 g/mol. The molecule has 4 aromatic rings. The van der Waals surface area contributed by atoms with Gasteiger partial charge in [0, 0.05) is 17.2 Å². The maximum Gasteiger partial charge on any atom is 0.347 e. The average molecular weight is 678 g/mol. The summed E-state index contributed by atoms with van der Waals surface area (Å²) in [5.41, 5.74) is 6.42. The molecule has 51 heavy (non-hydrogen) atoms. The van der Waals surface area contributed by atoms with Gasteiger partial charge >= 0.3 is 5.97 Å². The van der Waals surface area contributed by atoms with Crippen LogP contribution < -0.4 is 5.32 Å². The Kier molecular flexibility index (Phi) is 11.5. The number of benzene rings is 4. The van der Waals surface area contributed by atoms with Crippen LogP contribution in [0.25, 0.3) is 22.3 Å². The third-order valence-electron chi connectivity index (χ3n) is 8.71. The Hall–Kier alpha value is -5.82. The summed E-state index contributed by atoms with van der Waals surface area (Å²) >= 11 is 0. The van der Waals surface area contributed by atoms with E-state index in [4.69, 9.17) is 19.5 Å². The molecule has 0 bridgehead atoms. The molecule has 0 saturated heterocycles. The summed E-state index contributed by atoms with van der Waals surface area (Å²) in [7, 11) is 0. The molecule has 1 aliphatic carbocycles. The lowest BCUT2D eigenvalue weighted by Crippen LogP contribution is -2.35. The Morgan fingerprint density at radius 2 is 1.16 bits per heavy atom. The van der Waals surface area contributed by atoms with Gasteiger partial charge < -0.3 is 14.8 Å². The van der Waals surface area contributed by atoms with E-state index in [2.05, 4.69) is 67.7 Å². The highest BCUT2D eigenvalue weighted by atomic mass is 16.6. The number of hydrogen-bond donors (Lipinski definition) is 1. The van der Waals surface area contributed by atoms with Crippen molar-refractivity contribution in [3.63, 3.8) is 0 Å². The molecule has 2 aliphatic rings. The van der Waals surface area contributed by atoms with Gasteiger partial charge in [0.05, 0.1) is 12.2 Å². The zero-order valence-electron chi connectivity index (χ0n) is 29.3. The average Bonchev–Trinajstić information content (AvgIpc) is 3.16. The van der Waals surface area contributed by atoms with E-state index in [-0.39, 0.29) is 17.4 Å². The highest BCUT2D eigenvalue weighted by molar-refractivity contribution is 6.18. The fourth-order valence-corrected chi connectivity index (χ4v) is 5.84. The van der Waals surface area contributed by atoms with Gasteiger partial charge in [0.15, 0.2) is 17.7 Å². The van der Waals surface area contributed by atoms with Crippen LogP contribution in [0.3, 0.4) is 0 Å². The van der Waals surface area contributed by atoms with E-state index >= 15 is 0 Å². The predicted molar refractivity (Wildman–Crippen MR) is 204 cm³/mol. The van der Waals surface area contributed by atoms with Crippen LogP contribution in [0.4, 0.5) is 0 Å². The van der Waals surface area contributed by atoms with Crippen molar-refractivity contribution in [1.82, 2.24) is 5.32 Å². The van der Waals surface area contributed by atoms with Gasteiger partial charge in [-0.1, -0.05) is 142 Å². The van der Waals surface area contributed by atoms with Gasteiger partial charge in [-0.05, 0) is 53.7 Å². The highest BCUT2D eigenvalue weighted by Crippen LogP contribution is 2.26. The van der Waals surface area contributed by atoms with Crippen LogP contribution in [-0.4, -0.2) is 36.1 Å². The molecule has 7 nitrogen and oxygen atoms in total. The van der Waals surface area contributed by atoms with Crippen molar-refractivity contribution in [2.75, 3.05) is 6.61 Å². The lowest BCUT2D eigenvalue weighted by molar-refractivity contribution is -0.153. The van der Waals surface area contributed by atoms with Crippen molar-refractivity contribution < 1.29 is 19.1 Å². The predicted octanol–water partition coefficient (Wildman–Crippen LogP) is 9.22. The fraction of sp³-hybridized carbons (Fsp3) is 0.227.